The molecule has 11 heteroatoms. The van der Waals surface area contributed by atoms with E-state index >= 15 is 0 Å². The van der Waals surface area contributed by atoms with Gasteiger partial charge in [0.2, 0.25) is 0 Å². The van der Waals surface area contributed by atoms with Crippen molar-refractivity contribution in [2.24, 2.45) is 5.92 Å². The van der Waals surface area contributed by atoms with Gasteiger partial charge >= 0.3 is 17.6 Å². The molecule has 2 bridgehead atoms. The molecule has 328 valence electrons. The van der Waals surface area contributed by atoms with Crippen molar-refractivity contribution >= 4 is 22.9 Å². The second-order valence-electron chi connectivity index (χ2n) is 17.4. The van der Waals surface area contributed by atoms with E-state index in [1.165, 1.54) is 11.1 Å². The Morgan fingerprint density at radius 1 is 0.825 bits per heavy atom. The number of ether oxygens (including phenoxy) is 4. The number of hydrogen-bond acceptors (Lipinski definition) is 11. The van der Waals surface area contributed by atoms with Crippen molar-refractivity contribution in [1.82, 2.24) is 0 Å². The summed E-state index contributed by atoms with van der Waals surface area (Å²) in [6.07, 6.45) is 4.22. The van der Waals surface area contributed by atoms with E-state index in [4.69, 9.17) is 23.4 Å². The lowest BCUT2D eigenvalue weighted by molar-refractivity contribution is -0.188. The van der Waals surface area contributed by atoms with Crippen molar-refractivity contribution in [3.63, 3.8) is 0 Å². The van der Waals surface area contributed by atoms with Gasteiger partial charge < -0.3 is 38.7 Å². The van der Waals surface area contributed by atoms with Crippen molar-refractivity contribution in [3.8, 4) is 5.75 Å². The van der Waals surface area contributed by atoms with Crippen LogP contribution in [-0.4, -0.2) is 59.0 Å². The molecule has 9 rings (SSSR count). The Balaban J connectivity index is 1.22. The van der Waals surface area contributed by atoms with Gasteiger partial charge in [-0.3, -0.25) is 4.79 Å². The summed E-state index contributed by atoms with van der Waals surface area (Å²) in [4.78, 5) is 42.8. The van der Waals surface area contributed by atoms with Gasteiger partial charge in [-0.05, 0) is 103 Å². The number of aliphatic hydroxyl groups is 3. The Bertz CT molecular complexity index is 2590. The molecule has 4 aliphatic rings. The van der Waals surface area contributed by atoms with Crippen molar-refractivity contribution < 1.29 is 48.3 Å². The number of aryl methyl sites for hydroxylation is 1. The zero-order valence-electron chi connectivity index (χ0n) is 35.9. The van der Waals surface area contributed by atoms with Crippen LogP contribution in [0.4, 0.5) is 0 Å². The minimum Gasteiger partial charge on any atom is -0.483 e. The first-order chi connectivity index (χ1) is 30.5. The van der Waals surface area contributed by atoms with Crippen molar-refractivity contribution in [3.05, 3.63) is 169 Å². The zero-order valence-corrected chi connectivity index (χ0v) is 35.9. The summed E-state index contributed by atoms with van der Waals surface area (Å²) in [6.45, 7) is 3.73. The number of hydrogen-bond donors (Lipinski definition) is 3. The van der Waals surface area contributed by atoms with E-state index in [0.717, 1.165) is 23.1 Å². The molecule has 0 saturated heterocycles. The van der Waals surface area contributed by atoms with Crippen molar-refractivity contribution in [2.45, 2.75) is 95.5 Å². The lowest BCUT2D eigenvalue weighted by atomic mass is 9.72. The van der Waals surface area contributed by atoms with Crippen LogP contribution in [0.3, 0.4) is 0 Å². The summed E-state index contributed by atoms with van der Waals surface area (Å²) in [7, 11) is 0. The number of carbonyl (C=O) groups excluding carboxylic acids is 2. The molecule has 5 aromatic rings. The highest BCUT2D eigenvalue weighted by molar-refractivity contribution is 5.90. The maximum absolute atomic E-state index is 14.8. The molecule has 11 nitrogen and oxygen atoms in total. The number of fused-ring (bicyclic) bond motifs is 11. The number of rotatable bonds is 9. The summed E-state index contributed by atoms with van der Waals surface area (Å²) >= 11 is 0. The van der Waals surface area contributed by atoms with Gasteiger partial charge in [0, 0.05) is 41.2 Å². The van der Waals surface area contributed by atoms with E-state index in [2.05, 4.69) is 72.8 Å². The molecule has 3 N–H and O–H groups in total. The number of benzene rings is 4. The van der Waals surface area contributed by atoms with E-state index in [1.54, 1.807) is 32.9 Å². The maximum atomic E-state index is 14.8. The van der Waals surface area contributed by atoms with E-state index in [0.29, 0.717) is 23.8 Å². The molecule has 4 aromatic carbocycles. The number of esters is 2. The van der Waals surface area contributed by atoms with Crippen LogP contribution in [0.15, 0.2) is 124 Å². The molecule has 4 heterocycles. The molecular formula is C52H54O11. The first kappa shape index (κ1) is 43.8. The first-order valence-electron chi connectivity index (χ1n) is 21.7. The molecule has 1 aromatic heterocycles. The van der Waals surface area contributed by atoms with Gasteiger partial charge in [0.25, 0.3) is 0 Å². The number of carbonyl (C=O) groups is 2. The summed E-state index contributed by atoms with van der Waals surface area (Å²) < 4.78 is 30.6. The van der Waals surface area contributed by atoms with E-state index in [9.17, 15) is 29.7 Å². The lowest BCUT2D eigenvalue weighted by Crippen LogP contribution is -2.52. The van der Waals surface area contributed by atoms with Gasteiger partial charge in [0.15, 0.2) is 12.2 Å². The predicted molar refractivity (Wildman–Crippen MR) is 236 cm³/mol. The third-order valence-corrected chi connectivity index (χ3v) is 12.8. The van der Waals surface area contributed by atoms with E-state index in [-0.39, 0.29) is 83.8 Å². The molecule has 0 fully saturated rings. The fourth-order valence-corrected chi connectivity index (χ4v) is 9.50. The van der Waals surface area contributed by atoms with Crippen molar-refractivity contribution in [2.75, 3.05) is 20.0 Å². The average Bonchev–Trinajstić information content (AvgIpc) is 3.27. The fraction of sp³-hybridized carbons (Fsp3) is 0.365. The Kier molecular flexibility index (Phi) is 13.1. The van der Waals surface area contributed by atoms with Crippen LogP contribution in [-0.2, 0) is 49.7 Å². The molecule has 0 saturated carbocycles. The standard InChI is InChI=1S/C52H54O11/c1-31(28-53)39-18-14-32-12-15-35(16-13-32)40-19-17-37(36-11-7-10-34(25-36)24-33-8-5-4-6-9-33)26-38(40)27-45(56)60-48-46-44(63-52(2,3)49(48)62-50(39)57)21-20-41-43(29-54)42(22-23-59-30-55)51(58)61-47(41)46/h4-13,15-17,19-21,25,37-38,40,48-49,53-55H,14,18,22-24,26-30H2,1-3H3. The number of aliphatic hydroxyl groups excluding tert-OH is 3. The minimum atomic E-state index is -1.31. The SMILES string of the molecule is CC(CO)=C1CCc2ccc(cc2)C2C=CC(c3cccc(Cc4ccccc4)c3)CC2CC(=O)OC2c3c(ccc4c(CO)c(CCOCO)c(=O)oc34)OC(C)(C)C2OC1=O. The third kappa shape index (κ3) is 9.29. The van der Waals surface area contributed by atoms with Gasteiger partial charge in [0.05, 0.1) is 25.4 Å². The van der Waals surface area contributed by atoms with Crippen LogP contribution in [0.5, 0.6) is 5.75 Å². The highest BCUT2D eigenvalue weighted by Crippen LogP contribution is 2.49. The van der Waals surface area contributed by atoms with Crippen molar-refractivity contribution in [1.29, 1.82) is 0 Å². The fourth-order valence-electron chi connectivity index (χ4n) is 9.50. The minimum absolute atomic E-state index is 0.00465. The van der Waals surface area contributed by atoms with E-state index < -0.39 is 48.8 Å². The van der Waals surface area contributed by atoms with Crippen LogP contribution >= 0.6 is 0 Å². The zero-order chi connectivity index (χ0) is 44.3. The normalized spacial score (nSPS) is 22.9. The molecule has 1 aliphatic carbocycles. The Labute approximate surface area is 366 Å². The molecule has 3 aliphatic heterocycles. The van der Waals surface area contributed by atoms with Crippen LogP contribution in [0.25, 0.3) is 11.0 Å². The lowest BCUT2D eigenvalue weighted by Gasteiger charge is -2.43. The monoisotopic (exact) mass is 854 g/mol. The largest absolute Gasteiger partial charge is 0.483 e. The highest BCUT2D eigenvalue weighted by atomic mass is 16.6. The molecular weight excluding hydrogens is 801 g/mol. The maximum Gasteiger partial charge on any atom is 0.339 e. The average molecular weight is 855 g/mol. The van der Waals surface area contributed by atoms with Gasteiger partial charge in [-0.25, -0.2) is 9.59 Å². The van der Waals surface area contributed by atoms with Gasteiger partial charge in [-0.15, -0.1) is 0 Å². The van der Waals surface area contributed by atoms with E-state index in [1.807, 2.05) is 18.2 Å². The smallest absolute Gasteiger partial charge is 0.339 e. The molecule has 5 atom stereocenters. The summed E-state index contributed by atoms with van der Waals surface area (Å²) in [5.74, 6) is -1.25. The van der Waals surface area contributed by atoms with Crippen LogP contribution in [0.2, 0.25) is 0 Å². The molecule has 5 unspecified atom stereocenters. The van der Waals surface area contributed by atoms with Gasteiger partial charge in [-0.1, -0.05) is 91.0 Å². The Morgan fingerprint density at radius 2 is 1.60 bits per heavy atom. The topological polar surface area (TPSA) is 162 Å². The molecule has 63 heavy (non-hydrogen) atoms. The van der Waals surface area contributed by atoms with Crippen LogP contribution < -0.4 is 10.4 Å². The first-order valence-corrected chi connectivity index (χ1v) is 21.7. The quantitative estimate of drug-likeness (QED) is 0.0331. The highest BCUT2D eigenvalue weighted by Gasteiger charge is 2.51. The van der Waals surface area contributed by atoms with Gasteiger partial charge in [-0.2, -0.15) is 0 Å². The van der Waals surface area contributed by atoms with Crippen LogP contribution in [0, 0.1) is 5.92 Å². The summed E-state index contributed by atoms with van der Waals surface area (Å²) in [6, 6.07) is 30.6. The molecule has 0 spiro atoms. The number of allylic oxidation sites excluding steroid dienone is 2. The second-order valence-corrected chi connectivity index (χ2v) is 17.4. The third-order valence-electron chi connectivity index (χ3n) is 12.8. The van der Waals surface area contributed by atoms with Gasteiger partial charge in [0.1, 0.15) is 23.7 Å². The second kappa shape index (κ2) is 18.9. The summed E-state index contributed by atoms with van der Waals surface area (Å²) in [5.41, 5.74) is 5.02. The Morgan fingerprint density at radius 3 is 2.35 bits per heavy atom. The molecule has 0 amide bonds. The Hall–Kier alpha value is -5.85. The summed E-state index contributed by atoms with van der Waals surface area (Å²) in [5, 5.41) is 30.4. The molecule has 0 radical (unpaired) electrons. The van der Waals surface area contributed by atoms with Crippen LogP contribution in [0.1, 0.15) is 102 Å². The predicted octanol–water partition coefficient (Wildman–Crippen LogP) is 7.84.